The number of aliphatic hydroxyl groups is 1. The number of halogens is 1. The van der Waals surface area contributed by atoms with Crippen LogP contribution in [0.25, 0.3) is 0 Å². The zero-order chi connectivity index (χ0) is 9.56. The molecule has 0 saturated heterocycles. The van der Waals surface area contributed by atoms with Gasteiger partial charge in [0.1, 0.15) is 5.38 Å². The van der Waals surface area contributed by atoms with Crippen molar-refractivity contribution in [1.29, 1.82) is 0 Å². The molecule has 0 saturated carbocycles. The van der Waals surface area contributed by atoms with Crippen molar-refractivity contribution < 1.29 is 15.0 Å². The number of hydrogen-bond acceptors (Lipinski definition) is 3. The molecule has 0 bridgehead atoms. The maximum atomic E-state index is 10.3. The highest BCUT2D eigenvalue weighted by Gasteiger charge is 2.14. The first kappa shape index (κ1) is 12.1. The van der Waals surface area contributed by atoms with Crippen LogP contribution in [0.1, 0.15) is 13.3 Å². The molecule has 72 valence electrons. The smallest absolute Gasteiger partial charge is 0.322 e. The number of carboxylic acids is 1. The van der Waals surface area contributed by atoms with Gasteiger partial charge in [0.2, 0.25) is 0 Å². The van der Waals surface area contributed by atoms with Crippen molar-refractivity contribution >= 4 is 29.3 Å². The molecular weight excluding hydrogens is 200 g/mol. The SMILES string of the molecule is CC(CCO)SCC(Cl)C(=O)O. The lowest BCUT2D eigenvalue weighted by molar-refractivity contribution is -0.136. The van der Waals surface area contributed by atoms with Gasteiger partial charge in [-0.25, -0.2) is 0 Å². The number of alkyl halides is 1. The van der Waals surface area contributed by atoms with E-state index in [-0.39, 0.29) is 11.9 Å². The van der Waals surface area contributed by atoms with Gasteiger partial charge in [0, 0.05) is 17.6 Å². The van der Waals surface area contributed by atoms with Crippen LogP contribution in [0.15, 0.2) is 0 Å². The monoisotopic (exact) mass is 212 g/mol. The molecule has 0 heterocycles. The topological polar surface area (TPSA) is 57.5 Å². The van der Waals surface area contributed by atoms with Gasteiger partial charge in [-0.15, -0.1) is 11.6 Å². The first-order valence-corrected chi connectivity index (χ1v) is 5.15. The summed E-state index contributed by atoms with van der Waals surface area (Å²) in [6, 6.07) is 0. The summed E-state index contributed by atoms with van der Waals surface area (Å²) in [6.07, 6.45) is 0.674. The van der Waals surface area contributed by atoms with Crippen LogP contribution < -0.4 is 0 Å². The summed E-state index contributed by atoms with van der Waals surface area (Å²) in [7, 11) is 0. The molecule has 3 nitrogen and oxygen atoms in total. The predicted octanol–water partition coefficient (Wildman–Crippen LogP) is 1.18. The maximum Gasteiger partial charge on any atom is 0.322 e. The average Bonchev–Trinajstić information content (AvgIpc) is 2.00. The summed E-state index contributed by atoms with van der Waals surface area (Å²) in [5, 5.41) is 16.4. The van der Waals surface area contributed by atoms with Crippen LogP contribution in [0.4, 0.5) is 0 Å². The Morgan fingerprint density at radius 2 is 2.25 bits per heavy atom. The molecular formula is C7H13ClO3S. The van der Waals surface area contributed by atoms with Crippen molar-refractivity contribution in [3.8, 4) is 0 Å². The molecule has 0 aliphatic heterocycles. The summed E-state index contributed by atoms with van der Waals surface area (Å²) in [6.45, 7) is 2.07. The van der Waals surface area contributed by atoms with Crippen LogP contribution in [0.2, 0.25) is 0 Å². The van der Waals surface area contributed by atoms with E-state index in [1.807, 2.05) is 6.92 Å². The molecule has 0 aromatic carbocycles. The number of carboxylic acid groups (broad SMARTS) is 1. The molecule has 0 aliphatic rings. The van der Waals surface area contributed by atoms with E-state index in [4.69, 9.17) is 21.8 Å². The number of rotatable bonds is 6. The molecule has 0 fully saturated rings. The third-order valence-corrected chi connectivity index (χ3v) is 3.19. The van der Waals surface area contributed by atoms with Crippen molar-refractivity contribution in [3.63, 3.8) is 0 Å². The van der Waals surface area contributed by atoms with E-state index in [1.165, 1.54) is 11.8 Å². The van der Waals surface area contributed by atoms with Gasteiger partial charge in [0.25, 0.3) is 0 Å². The lowest BCUT2D eigenvalue weighted by atomic mass is 10.3. The van der Waals surface area contributed by atoms with Crippen LogP contribution in [-0.2, 0) is 4.79 Å². The Bertz CT molecular complexity index is 143. The molecule has 2 unspecified atom stereocenters. The second-order valence-corrected chi connectivity index (χ2v) is 4.46. The summed E-state index contributed by atoms with van der Waals surface area (Å²) < 4.78 is 0. The van der Waals surface area contributed by atoms with Gasteiger partial charge in [-0.2, -0.15) is 11.8 Å². The van der Waals surface area contributed by atoms with Crippen molar-refractivity contribution in [3.05, 3.63) is 0 Å². The fraction of sp³-hybridized carbons (Fsp3) is 0.857. The van der Waals surface area contributed by atoms with E-state index in [2.05, 4.69) is 0 Å². The predicted molar refractivity (Wildman–Crippen MR) is 50.9 cm³/mol. The van der Waals surface area contributed by atoms with Gasteiger partial charge < -0.3 is 10.2 Å². The minimum atomic E-state index is -0.986. The molecule has 12 heavy (non-hydrogen) atoms. The average molecular weight is 213 g/mol. The van der Waals surface area contributed by atoms with Crippen LogP contribution in [0, 0.1) is 0 Å². The number of aliphatic hydroxyl groups excluding tert-OH is 1. The second kappa shape index (κ2) is 6.57. The Balaban J connectivity index is 3.46. The Morgan fingerprint density at radius 1 is 1.67 bits per heavy atom. The minimum Gasteiger partial charge on any atom is -0.480 e. The number of aliphatic carboxylic acids is 1. The zero-order valence-electron chi connectivity index (χ0n) is 6.86. The zero-order valence-corrected chi connectivity index (χ0v) is 8.44. The molecule has 0 radical (unpaired) electrons. The number of carbonyl (C=O) groups is 1. The van der Waals surface area contributed by atoms with Gasteiger partial charge in [-0.3, -0.25) is 4.79 Å². The lowest BCUT2D eigenvalue weighted by Gasteiger charge is -2.09. The maximum absolute atomic E-state index is 10.3. The summed E-state index contributed by atoms with van der Waals surface area (Å²) in [4.78, 5) is 10.3. The highest BCUT2D eigenvalue weighted by Crippen LogP contribution is 2.16. The molecule has 0 amide bonds. The molecule has 2 atom stereocenters. The van der Waals surface area contributed by atoms with E-state index < -0.39 is 11.3 Å². The Morgan fingerprint density at radius 3 is 2.67 bits per heavy atom. The normalized spacial score (nSPS) is 15.6. The highest BCUT2D eigenvalue weighted by molar-refractivity contribution is 8.00. The van der Waals surface area contributed by atoms with Gasteiger partial charge in [-0.1, -0.05) is 6.92 Å². The quantitative estimate of drug-likeness (QED) is 0.650. The fourth-order valence-corrected chi connectivity index (χ4v) is 1.72. The lowest BCUT2D eigenvalue weighted by Crippen LogP contribution is -2.17. The highest BCUT2D eigenvalue weighted by atomic mass is 35.5. The Kier molecular flexibility index (Phi) is 6.61. The molecule has 0 rings (SSSR count). The summed E-state index contributed by atoms with van der Waals surface area (Å²) in [5.74, 6) is -0.599. The van der Waals surface area contributed by atoms with Gasteiger partial charge in [-0.05, 0) is 6.42 Å². The van der Waals surface area contributed by atoms with Crippen LogP contribution in [-0.4, -0.2) is 39.2 Å². The van der Waals surface area contributed by atoms with Crippen LogP contribution in [0.5, 0.6) is 0 Å². The van der Waals surface area contributed by atoms with Gasteiger partial charge in [0.05, 0.1) is 0 Å². The molecule has 0 aliphatic carbocycles. The molecule has 0 aromatic rings. The van der Waals surface area contributed by atoms with E-state index in [0.29, 0.717) is 12.2 Å². The third kappa shape index (κ3) is 5.69. The van der Waals surface area contributed by atoms with E-state index >= 15 is 0 Å². The van der Waals surface area contributed by atoms with Crippen molar-refractivity contribution in [2.45, 2.75) is 24.0 Å². The van der Waals surface area contributed by atoms with E-state index in [9.17, 15) is 4.79 Å². The van der Waals surface area contributed by atoms with Crippen LogP contribution >= 0.6 is 23.4 Å². The first-order chi connectivity index (χ1) is 5.57. The first-order valence-electron chi connectivity index (χ1n) is 3.67. The Hall–Kier alpha value is 0.0700. The van der Waals surface area contributed by atoms with Crippen molar-refractivity contribution in [2.24, 2.45) is 0 Å². The van der Waals surface area contributed by atoms with Gasteiger partial charge >= 0.3 is 5.97 Å². The summed E-state index contributed by atoms with van der Waals surface area (Å²) >= 11 is 6.94. The van der Waals surface area contributed by atoms with E-state index in [1.54, 1.807) is 0 Å². The van der Waals surface area contributed by atoms with Crippen molar-refractivity contribution in [1.82, 2.24) is 0 Å². The van der Waals surface area contributed by atoms with Gasteiger partial charge in [0.15, 0.2) is 0 Å². The molecule has 0 spiro atoms. The standard InChI is InChI=1S/C7H13ClO3S/c1-5(2-3-9)12-4-6(8)7(10)11/h5-6,9H,2-4H2,1H3,(H,10,11). The molecule has 0 aromatic heterocycles. The van der Waals surface area contributed by atoms with Crippen LogP contribution in [0.3, 0.4) is 0 Å². The number of hydrogen-bond donors (Lipinski definition) is 2. The fourth-order valence-electron chi connectivity index (χ4n) is 0.585. The van der Waals surface area contributed by atoms with Crippen molar-refractivity contribution in [2.75, 3.05) is 12.4 Å². The number of thioether (sulfide) groups is 1. The van der Waals surface area contributed by atoms with E-state index in [0.717, 1.165) is 0 Å². The minimum absolute atomic E-state index is 0.133. The third-order valence-electron chi connectivity index (χ3n) is 1.33. The second-order valence-electron chi connectivity index (χ2n) is 2.46. The Labute approximate surface area is 81.1 Å². The largest absolute Gasteiger partial charge is 0.480 e. The summed E-state index contributed by atoms with van der Waals surface area (Å²) in [5.41, 5.74) is 0. The molecule has 5 heteroatoms. The molecule has 2 N–H and O–H groups in total.